The van der Waals surface area contributed by atoms with E-state index in [1.54, 1.807) is 0 Å². The number of hydrogen-bond donors (Lipinski definition) is 2. The van der Waals surface area contributed by atoms with Crippen molar-refractivity contribution < 1.29 is 0 Å². The number of H-pyrrole nitrogens is 1. The van der Waals surface area contributed by atoms with Crippen LogP contribution in [0.4, 0.5) is 5.13 Å². The highest BCUT2D eigenvalue weighted by atomic mass is 32.1. The average molecular weight is 266 g/mol. The van der Waals surface area contributed by atoms with E-state index in [2.05, 4.69) is 21.0 Å². The molecule has 2 heterocycles. The number of fused-ring (bicyclic) bond motifs is 2. The zero-order valence-electron chi connectivity index (χ0n) is 9.92. The summed E-state index contributed by atoms with van der Waals surface area (Å²) in [6, 6.07) is 14.1. The highest BCUT2D eigenvalue weighted by molar-refractivity contribution is 7.22. The van der Waals surface area contributed by atoms with Crippen LogP contribution in [0.2, 0.25) is 0 Å². The van der Waals surface area contributed by atoms with Gasteiger partial charge in [-0.1, -0.05) is 23.5 Å². The average Bonchev–Trinajstić information content (AvgIpc) is 2.99. The molecule has 2 aromatic carbocycles. The van der Waals surface area contributed by atoms with E-state index in [0.717, 1.165) is 32.6 Å². The number of nitrogens with zero attached hydrogens (tertiary/aromatic N) is 2. The Labute approximate surface area is 112 Å². The Kier molecular flexibility index (Phi) is 2.10. The molecular formula is C14H10N4S. The molecule has 4 rings (SSSR count). The van der Waals surface area contributed by atoms with E-state index in [-0.39, 0.29) is 0 Å². The number of imidazole rings is 1. The molecular weight excluding hydrogens is 256 g/mol. The fraction of sp³-hybridized carbons (Fsp3) is 0. The highest BCUT2D eigenvalue weighted by Gasteiger charge is 2.07. The molecule has 0 saturated carbocycles. The number of rotatable bonds is 1. The molecule has 0 radical (unpaired) electrons. The molecule has 5 heteroatoms. The summed E-state index contributed by atoms with van der Waals surface area (Å²) in [5, 5.41) is 0.594. The zero-order chi connectivity index (χ0) is 12.8. The summed E-state index contributed by atoms with van der Waals surface area (Å²) >= 11 is 1.49. The molecule has 0 saturated heterocycles. The zero-order valence-corrected chi connectivity index (χ0v) is 10.7. The second-order valence-electron chi connectivity index (χ2n) is 4.34. The normalized spacial score (nSPS) is 11.4. The van der Waals surface area contributed by atoms with Crippen molar-refractivity contribution in [2.45, 2.75) is 0 Å². The van der Waals surface area contributed by atoms with Crippen LogP contribution >= 0.6 is 11.3 Å². The van der Waals surface area contributed by atoms with Gasteiger partial charge in [-0.3, -0.25) is 0 Å². The molecule has 3 N–H and O–H groups in total. The van der Waals surface area contributed by atoms with Crippen LogP contribution in [-0.4, -0.2) is 15.0 Å². The second kappa shape index (κ2) is 3.80. The summed E-state index contributed by atoms with van der Waals surface area (Å²) in [6.45, 7) is 0. The van der Waals surface area contributed by atoms with Crippen LogP contribution in [0.5, 0.6) is 0 Å². The number of aromatic amines is 1. The molecule has 0 aliphatic rings. The standard InChI is InChI=1S/C14H10N4S/c15-14-18-11-6-5-8(7-12(11)19-14)13-16-9-3-1-2-4-10(9)17-13/h1-7H,(H2,15,18)(H,16,17). The fourth-order valence-electron chi connectivity index (χ4n) is 2.18. The van der Waals surface area contributed by atoms with Gasteiger partial charge in [-0.25, -0.2) is 9.97 Å². The predicted octanol–water partition coefficient (Wildman–Crippen LogP) is 3.42. The lowest BCUT2D eigenvalue weighted by Gasteiger charge is -1.95. The van der Waals surface area contributed by atoms with E-state index < -0.39 is 0 Å². The number of nitrogen functional groups attached to an aromatic ring is 1. The second-order valence-corrected chi connectivity index (χ2v) is 5.40. The van der Waals surface area contributed by atoms with Crippen molar-refractivity contribution >= 4 is 37.7 Å². The van der Waals surface area contributed by atoms with E-state index in [4.69, 9.17) is 5.73 Å². The van der Waals surface area contributed by atoms with Gasteiger partial charge in [0.2, 0.25) is 0 Å². The fourth-order valence-corrected chi connectivity index (χ4v) is 2.95. The molecule has 0 atom stereocenters. The van der Waals surface area contributed by atoms with Crippen molar-refractivity contribution in [3.05, 3.63) is 42.5 Å². The first-order chi connectivity index (χ1) is 9.29. The predicted molar refractivity (Wildman–Crippen MR) is 79.1 cm³/mol. The van der Waals surface area contributed by atoms with Crippen LogP contribution in [-0.2, 0) is 0 Å². The van der Waals surface area contributed by atoms with Gasteiger partial charge < -0.3 is 10.7 Å². The van der Waals surface area contributed by atoms with Gasteiger partial charge in [0.1, 0.15) is 5.82 Å². The number of anilines is 1. The molecule has 0 fully saturated rings. The molecule has 2 aromatic heterocycles. The van der Waals surface area contributed by atoms with Crippen molar-refractivity contribution in [2.24, 2.45) is 0 Å². The molecule has 0 bridgehead atoms. The van der Waals surface area contributed by atoms with Gasteiger partial charge in [0.15, 0.2) is 5.13 Å². The first kappa shape index (κ1) is 10.5. The minimum atomic E-state index is 0.594. The number of benzene rings is 2. The Bertz CT molecular complexity index is 858. The number of thiazole rings is 1. The van der Waals surface area contributed by atoms with Crippen molar-refractivity contribution in [2.75, 3.05) is 5.73 Å². The molecule has 0 unspecified atom stereocenters. The Morgan fingerprint density at radius 1 is 1.00 bits per heavy atom. The number of hydrogen-bond acceptors (Lipinski definition) is 4. The first-order valence-corrected chi connectivity index (χ1v) is 6.72. The number of aromatic nitrogens is 3. The summed E-state index contributed by atoms with van der Waals surface area (Å²) < 4.78 is 1.08. The maximum atomic E-state index is 5.72. The molecule has 0 aliphatic heterocycles. The Balaban J connectivity index is 1.92. The van der Waals surface area contributed by atoms with Crippen LogP contribution in [0.1, 0.15) is 0 Å². The topological polar surface area (TPSA) is 67.6 Å². The van der Waals surface area contributed by atoms with E-state index in [9.17, 15) is 0 Å². The molecule has 4 aromatic rings. The van der Waals surface area contributed by atoms with Crippen molar-refractivity contribution in [3.63, 3.8) is 0 Å². The SMILES string of the molecule is Nc1nc2ccc(-c3nc4ccccc4[nH]3)cc2s1. The maximum Gasteiger partial charge on any atom is 0.181 e. The smallest absolute Gasteiger partial charge is 0.181 e. The lowest BCUT2D eigenvalue weighted by atomic mass is 10.2. The summed E-state index contributed by atoms with van der Waals surface area (Å²) in [5.41, 5.74) is 9.72. The van der Waals surface area contributed by atoms with Gasteiger partial charge in [-0.15, -0.1) is 0 Å². The Morgan fingerprint density at radius 2 is 1.89 bits per heavy atom. The molecule has 0 aliphatic carbocycles. The van der Waals surface area contributed by atoms with Crippen LogP contribution in [0.25, 0.3) is 32.6 Å². The monoisotopic (exact) mass is 266 g/mol. The largest absolute Gasteiger partial charge is 0.375 e. The van der Waals surface area contributed by atoms with E-state index in [0.29, 0.717) is 5.13 Å². The quantitative estimate of drug-likeness (QED) is 0.554. The lowest BCUT2D eigenvalue weighted by molar-refractivity contribution is 1.34. The molecule has 0 spiro atoms. The number of nitrogens with two attached hydrogens (primary N) is 1. The van der Waals surface area contributed by atoms with Gasteiger partial charge in [0.25, 0.3) is 0 Å². The minimum Gasteiger partial charge on any atom is -0.375 e. The first-order valence-electron chi connectivity index (χ1n) is 5.91. The summed E-state index contributed by atoms with van der Waals surface area (Å²) in [5.74, 6) is 0.870. The van der Waals surface area contributed by atoms with Gasteiger partial charge in [-0.05, 0) is 30.3 Å². The van der Waals surface area contributed by atoms with E-state index >= 15 is 0 Å². The molecule has 92 valence electrons. The van der Waals surface area contributed by atoms with E-state index in [1.165, 1.54) is 11.3 Å². The number of para-hydroxylation sites is 2. The van der Waals surface area contributed by atoms with Crippen LogP contribution in [0, 0.1) is 0 Å². The summed E-state index contributed by atoms with van der Waals surface area (Å²) in [7, 11) is 0. The lowest BCUT2D eigenvalue weighted by Crippen LogP contribution is -1.80. The van der Waals surface area contributed by atoms with Crippen LogP contribution in [0.3, 0.4) is 0 Å². The summed E-state index contributed by atoms with van der Waals surface area (Å²) in [4.78, 5) is 12.2. The van der Waals surface area contributed by atoms with Crippen LogP contribution in [0.15, 0.2) is 42.5 Å². The van der Waals surface area contributed by atoms with Gasteiger partial charge >= 0.3 is 0 Å². The van der Waals surface area contributed by atoms with Crippen molar-refractivity contribution in [1.29, 1.82) is 0 Å². The highest BCUT2D eigenvalue weighted by Crippen LogP contribution is 2.28. The Morgan fingerprint density at radius 3 is 2.79 bits per heavy atom. The van der Waals surface area contributed by atoms with Gasteiger partial charge in [0.05, 0.1) is 21.3 Å². The summed E-state index contributed by atoms with van der Waals surface area (Å²) in [6.07, 6.45) is 0. The maximum absolute atomic E-state index is 5.72. The third-order valence-electron chi connectivity index (χ3n) is 3.07. The third kappa shape index (κ3) is 1.67. The Hall–Kier alpha value is -2.40. The van der Waals surface area contributed by atoms with Crippen molar-refractivity contribution in [1.82, 2.24) is 15.0 Å². The molecule has 19 heavy (non-hydrogen) atoms. The third-order valence-corrected chi connectivity index (χ3v) is 3.92. The molecule has 0 amide bonds. The number of nitrogens with one attached hydrogen (secondary N) is 1. The van der Waals surface area contributed by atoms with Gasteiger partial charge in [-0.2, -0.15) is 0 Å². The molecule has 4 nitrogen and oxygen atoms in total. The van der Waals surface area contributed by atoms with Crippen molar-refractivity contribution in [3.8, 4) is 11.4 Å². The van der Waals surface area contributed by atoms with Gasteiger partial charge in [0, 0.05) is 5.56 Å². The van der Waals surface area contributed by atoms with Crippen LogP contribution < -0.4 is 5.73 Å². The van der Waals surface area contributed by atoms with E-state index in [1.807, 2.05) is 36.4 Å². The minimum absolute atomic E-state index is 0.594.